The van der Waals surface area contributed by atoms with Gasteiger partial charge in [-0.15, -0.1) is 11.8 Å². The van der Waals surface area contributed by atoms with Crippen LogP contribution in [0.15, 0.2) is 100 Å². The van der Waals surface area contributed by atoms with E-state index in [0.717, 1.165) is 60.0 Å². The lowest BCUT2D eigenvalue weighted by molar-refractivity contribution is 0.251. The van der Waals surface area contributed by atoms with Crippen molar-refractivity contribution >= 4 is 38.9 Å². The SMILES string of the molecule is COc1ccc(C2CCCN2CC(N)/C=C(\Nc2ccccc2Cl)C2=CCC(C)(c3cccc(S(C)(=O)=O)c3)S2)cc1. The predicted molar refractivity (Wildman–Crippen MR) is 175 cm³/mol. The molecule has 5 rings (SSSR count). The summed E-state index contributed by atoms with van der Waals surface area (Å²) in [5, 5.41) is 4.19. The van der Waals surface area contributed by atoms with Gasteiger partial charge in [-0.1, -0.05) is 54.1 Å². The van der Waals surface area contributed by atoms with Crippen molar-refractivity contribution in [2.45, 2.75) is 47.9 Å². The van der Waals surface area contributed by atoms with Gasteiger partial charge < -0.3 is 15.8 Å². The molecule has 3 aromatic carbocycles. The summed E-state index contributed by atoms with van der Waals surface area (Å²) in [5.74, 6) is 0.857. The largest absolute Gasteiger partial charge is 0.497 e. The van der Waals surface area contributed by atoms with E-state index < -0.39 is 9.84 Å². The topological polar surface area (TPSA) is 84.7 Å². The lowest BCUT2D eigenvalue weighted by Gasteiger charge is -2.28. The Morgan fingerprint density at radius 1 is 1.19 bits per heavy atom. The van der Waals surface area contributed by atoms with Gasteiger partial charge in [0.25, 0.3) is 0 Å². The smallest absolute Gasteiger partial charge is 0.175 e. The number of nitrogens with one attached hydrogen (secondary N) is 1. The minimum Gasteiger partial charge on any atom is -0.497 e. The highest BCUT2D eigenvalue weighted by Crippen LogP contribution is 2.52. The summed E-state index contributed by atoms with van der Waals surface area (Å²) in [6.07, 6.45) is 8.53. The van der Waals surface area contributed by atoms with Crippen LogP contribution < -0.4 is 15.8 Å². The van der Waals surface area contributed by atoms with Gasteiger partial charge in [0.05, 0.1) is 22.7 Å². The summed E-state index contributed by atoms with van der Waals surface area (Å²) < 4.78 is 29.5. The number of rotatable bonds is 10. The number of nitrogens with two attached hydrogens (primary N) is 1. The summed E-state index contributed by atoms with van der Waals surface area (Å²) in [6, 6.07) is 23.4. The molecule has 0 bridgehead atoms. The van der Waals surface area contributed by atoms with Gasteiger partial charge in [-0.25, -0.2) is 8.42 Å². The van der Waals surface area contributed by atoms with E-state index in [4.69, 9.17) is 22.1 Å². The van der Waals surface area contributed by atoms with E-state index in [1.807, 2.05) is 48.5 Å². The van der Waals surface area contributed by atoms with Crippen LogP contribution in [0.25, 0.3) is 0 Å². The highest BCUT2D eigenvalue weighted by molar-refractivity contribution is 8.04. The third-order valence-electron chi connectivity index (χ3n) is 7.98. The Balaban J connectivity index is 1.39. The van der Waals surface area contributed by atoms with Crippen LogP contribution in [0.4, 0.5) is 5.69 Å². The molecule has 0 aromatic heterocycles. The molecule has 2 aliphatic rings. The quantitative estimate of drug-likeness (QED) is 0.248. The predicted octanol–water partition coefficient (Wildman–Crippen LogP) is 7.15. The molecule has 0 radical (unpaired) electrons. The first-order chi connectivity index (χ1) is 20.1. The van der Waals surface area contributed by atoms with Gasteiger partial charge in [0.2, 0.25) is 0 Å². The van der Waals surface area contributed by atoms with Crippen LogP contribution in [0, 0.1) is 0 Å². The molecular weight excluding hydrogens is 586 g/mol. The van der Waals surface area contributed by atoms with Gasteiger partial charge in [-0.05, 0) is 86.3 Å². The number of likely N-dealkylation sites (tertiary alicyclic amines) is 1. The van der Waals surface area contributed by atoms with Crippen molar-refractivity contribution in [2.75, 3.05) is 31.8 Å². The van der Waals surface area contributed by atoms with Crippen LogP contribution in [0.5, 0.6) is 5.75 Å². The van der Waals surface area contributed by atoms with Crippen molar-refractivity contribution in [1.82, 2.24) is 4.90 Å². The minimum atomic E-state index is -3.30. The highest BCUT2D eigenvalue weighted by Gasteiger charge is 2.35. The zero-order valence-corrected chi connectivity index (χ0v) is 26.6. The average Bonchev–Trinajstić information content (AvgIpc) is 3.61. The van der Waals surface area contributed by atoms with E-state index in [2.05, 4.69) is 41.4 Å². The maximum atomic E-state index is 12.2. The van der Waals surface area contributed by atoms with Crippen molar-refractivity contribution in [2.24, 2.45) is 5.73 Å². The molecule has 9 heteroatoms. The molecule has 1 fully saturated rings. The number of hydrogen-bond donors (Lipinski definition) is 2. The lowest BCUT2D eigenvalue weighted by Crippen LogP contribution is -2.36. The van der Waals surface area contributed by atoms with Crippen molar-refractivity contribution in [1.29, 1.82) is 0 Å². The molecule has 1 saturated heterocycles. The number of thioether (sulfide) groups is 1. The molecule has 3 N–H and O–H groups in total. The molecule has 3 unspecified atom stereocenters. The number of allylic oxidation sites excluding steroid dienone is 1. The normalized spacial score (nSPS) is 22.2. The van der Waals surface area contributed by atoms with Gasteiger partial charge >= 0.3 is 0 Å². The number of methoxy groups -OCH3 is 1. The Kier molecular flexibility index (Phi) is 9.40. The Bertz CT molecular complexity index is 1590. The van der Waals surface area contributed by atoms with E-state index in [1.54, 1.807) is 31.0 Å². The second kappa shape index (κ2) is 12.9. The summed E-state index contributed by atoms with van der Waals surface area (Å²) in [6.45, 7) is 3.87. The summed E-state index contributed by atoms with van der Waals surface area (Å²) in [7, 11) is -1.62. The molecular formula is C33H38ClN3O3S2. The van der Waals surface area contributed by atoms with E-state index in [0.29, 0.717) is 16.0 Å². The first kappa shape index (κ1) is 30.7. The van der Waals surface area contributed by atoms with Crippen LogP contribution in [0.1, 0.15) is 43.4 Å². The number of halogens is 1. The van der Waals surface area contributed by atoms with Gasteiger partial charge in [0, 0.05) is 40.2 Å². The number of benzene rings is 3. The van der Waals surface area contributed by atoms with Crippen molar-refractivity contribution < 1.29 is 13.2 Å². The van der Waals surface area contributed by atoms with E-state index >= 15 is 0 Å². The van der Waals surface area contributed by atoms with E-state index in [9.17, 15) is 8.42 Å². The molecule has 2 aliphatic heterocycles. The number of sulfone groups is 1. The van der Waals surface area contributed by atoms with Crippen molar-refractivity contribution in [3.63, 3.8) is 0 Å². The summed E-state index contributed by atoms with van der Waals surface area (Å²) in [4.78, 5) is 3.86. The van der Waals surface area contributed by atoms with Crippen LogP contribution in [0.3, 0.4) is 0 Å². The van der Waals surface area contributed by atoms with Gasteiger partial charge in [-0.2, -0.15) is 0 Å². The monoisotopic (exact) mass is 623 g/mol. The Hall–Kier alpha value is -2.75. The number of ether oxygens (including phenoxy) is 1. The summed E-state index contributed by atoms with van der Waals surface area (Å²) >= 11 is 8.26. The first-order valence-electron chi connectivity index (χ1n) is 14.1. The van der Waals surface area contributed by atoms with E-state index in [1.165, 1.54) is 11.8 Å². The van der Waals surface area contributed by atoms with Crippen LogP contribution in [0.2, 0.25) is 5.02 Å². The zero-order chi connectivity index (χ0) is 29.9. The minimum absolute atomic E-state index is 0.226. The molecule has 0 aliphatic carbocycles. The Morgan fingerprint density at radius 2 is 1.95 bits per heavy atom. The van der Waals surface area contributed by atoms with Crippen LogP contribution >= 0.6 is 23.4 Å². The van der Waals surface area contributed by atoms with Crippen molar-refractivity contribution in [3.05, 3.63) is 112 Å². The fourth-order valence-electron chi connectivity index (χ4n) is 5.69. The third-order valence-corrected chi connectivity index (χ3v) is 10.9. The molecule has 0 amide bonds. The second-order valence-electron chi connectivity index (χ2n) is 11.2. The fourth-order valence-corrected chi connectivity index (χ4v) is 7.83. The number of nitrogens with zero attached hydrogens (tertiary/aromatic N) is 1. The second-order valence-corrected chi connectivity index (χ2v) is 15.1. The molecule has 6 nitrogen and oxygen atoms in total. The molecule has 3 atom stereocenters. The average molecular weight is 624 g/mol. The molecule has 0 spiro atoms. The highest BCUT2D eigenvalue weighted by atomic mass is 35.5. The molecule has 3 aromatic rings. The Labute approximate surface area is 258 Å². The van der Waals surface area contributed by atoms with Crippen LogP contribution in [-0.4, -0.2) is 45.8 Å². The maximum absolute atomic E-state index is 12.2. The zero-order valence-electron chi connectivity index (χ0n) is 24.2. The summed E-state index contributed by atoms with van der Waals surface area (Å²) in [5.41, 5.74) is 10.8. The molecule has 0 saturated carbocycles. The number of hydrogen-bond acceptors (Lipinski definition) is 7. The maximum Gasteiger partial charge on any atom is 0.175 e. The van der Waals surface area contributed by atoms with E-state index in [-0.39, 0.29) is 10.8 Å². The van der Waals surface area contributed by atoms with Crippen LogP contribution in [-0.2, 0) is 14.6 Å². The van der Waals surface area contributed by atoms with Gasteiger partial charge in [0.15, 0.2) is 9.84 Å². The molecule has 2 heterocycles. The number of anilines is 1. The molecule has 222 valence electrons. The molecule has 42 heavy (non-hydrogen) atoms. The third kappa shape index (κ3) is 7.06. The lowest BCUT2D eigenvalue weighted by atomic mass is 9.97. The standard InChI is InChI=1S/C33H38ClN3O3S2/c1-33(24-8-6-9-27(20-24)42(3,38)39)18-17-32(41-33)30(36-29-11-5-4-10-28(29)34)21-25(35)22-37-19-7-12-31(37)23-13-15-26(40-2)16-14-23/h4-6,8-11,13-17,20-21,25,31,36H,7,12,18-19,22,35H2,1-3H3/b30-21-. The van der Waals surface area contributed by atoms with Gasteiger partial charge in [-0.3, -0.25) is 4.90 Å². The van der Waals surface area contributed by atoms with Crippen molar-refractivity contribution in [3.8, 4) is 5.75 Å². The first-order valence-corrected chi connectivity index (χ1v) is 17.2. The number of para-hydroxylation sites is 1. The fraction of sp³-hybridized carbons (Fsp3) is 0.333. The Morgan fingerprint density at radius 3 is 2.67 bits per heavy atom. The van der Waals surface area contributed by atoms with Gasteiger partial charge in [0.1, 0.15) is 5.75 Å².